The van der Waals surface area contributed by atoms with Crippen LogP contribution in [0.15, 0.2) is 83.9 Å². The molecule has 1 aliphatic heterocycles. The molecule has 198 valence electrons. The van der Waals surface area contributed by atoms with E-state index < -0.39 is 0 Å². The minimum absolute atomic E-state index is 0.166. The maximum atomic E-state index is 5.21. The first-order chi connectivity index (χ1) is 18.6. The van der Waals surface area contributed by atoms with Gasteiger partial charge in [0, 0.05) is 28.1 Å². The number of aromatic amines is 1. The smallest absolute Gasteiger partial charge is 0.0791 e. The van der Waals surface area contributed by atoms with Gasteiger partial charge in [0.1, 0.15) is 0 Å². The molecule has 3 aromatic carbocycles. The highest BCUT2D eigenvalue weighted by Crippen LogP contribution is 2.36. The Balaban J connectivity index is 1.45. The summed E-state index contributed by atoms with van der Waals surface area (Å²) >= 11 is 0. The first-order valence-corrected chi connectivity index (χ1v) is 14.1. The Morgan fingerprint density at radius 3 is 2.05 bits per heavy atom. The van der Waals surface area contributed by atoms with Crippen LogP contribution in [0.4, 0.5) is 0 Å². The summed E-state index contributed by atoms with van der Waals surface area (Å²) in [6, 6.07) is 28.6. The first-order valence-electron chi connectivity index (χ1n) is 14.1. The highest BCUT2D eigenvalue weighted by atomic mass is 14.8. The highest BCUT2D eigenvalue weighted by Gasteiger charge is 2.24. The topological polar surface area (TPSA) is 28.1 Å². The predicted molar refractivity (Wildman–Crippen MR) is 169 cm³/mol. The summed E-state index contributed by atoms with van der Waals surface area (Å²) in [6.07, 6.45) is 6.46. The molecule has 0 aliphatic carbocycles. The Labute approximate surface area is 234 Å². The zero-order valence-electron chi connectivity index (χ0n) is 24.3. The molecule has 1 aliphatic rings. The van der Waals surface area contributed by atoms with Crippen LogP contribution in [0, 0.1) is 0 Å². The van der Waals surface area contributed by atoms with Crippen LogP contribution in [0.5, 0.6) is 0 Å². The molecular formula is C37H40N2. The molecule has 0 unspecified atom stereocenters. The number of benzene rings is 3. The van der Waals surface area contributed by atoms with Crippen LogP contribution in [0.3, 0.4) is 0 Å². The molecule has 0 saturated carbocycles. The molecular weight excluding hydrogens is 472 g/mol. The summed E-state index contributed by atoms with van der Waals surface area (Å²) in [6.45, 7) is 15.8. The van der Waals surface area contributed by atoms with E-state index in [-0.39, 0.29) is 5.41 Å². The largest absolute Gasteiger partial charge is 0.355 e. The number of hydrogen-bond acceptors (Lipinski definition) is 1. The van der Waals surface area contributed by atoms with E-state index in [4.69, 9.17) is 4.99 Å². The lowest BCUT2D eigenvalue weighted by Gasteiger charge is -2.18. The van der Waals surface area contributed by atoms with Crippen LogP contribution in [-0.2, 0) is 5.41 Å². The minimum atomic E-state index is 0.166. The SMILES string of the molecule is CC(C)c1ccc(C2=NC(=Cc3ccc(/C=C/c4ccc(C(C)(C)C)cc4)[nH]3)c3ccccc32)c(C(C)C)c1. The van der Waals surface area contributed by atoms with E-state index in [9.17, 15) is 0 Å². The molecule has 5 rings (SSSR count). The van der Waals surface area contributed by atoms with Gasteiger partial charge < -0.3 is 4.98 Å². The third-order valence-corrected chi connectivity index (χ3v) is 7.57. The fourth-order valence-electron chi connectivity index (χ4n) is 5.14. The maximum Gasteiger partial charge on any atom is 0.0791 e. The van der Waals surface area contributed by atoms with Gasteiger partial charge in [0.15, 0.2) is 0 Å². The van der Waals surface area contributed by atoms with Gasteiger partial charge in [-0.3, -0.25) is 0 Å². The van der Waals surface area contributed by atoms with Crippen molar-refractivity contribution in [1.82, 2.24) is 4.98 Å². The Hall–Kier alpha value is -3.91. The number of aliphatic imine (C=N–C) groups is 1. The number of nitrogens with one attached hydrogen (secondary N) is 1. The molecule has 1 N–H and O–H groups in total. The van der Waals surface area contributed by atoms with Gasteiger partial charge >= 0.3 is 0 Å². The van der Waals surface area contributed by atoms with Crippen LogP contribution < -0.4 is 0 Å². The van der Waals surface area contributed by atoms with Crippen molar-refractivity contribution in [3.05, 3.63) is 129 Å². The Morgan fingerprint density at radius 2 is 1.38 bits per heavy atom. The number of aromatic nitrogens is 1. The van der Waals surface area contributed by atoms with Crippen molar-refractivity contribution in [3.63, 3.8) is 0 Å². The van der Waals surface area contributed by atoms with Crippen molar-refractivity contribution >= 4 is 29.6 Å². The number of rotatable bonds is 6. The Morgan fingerprint density at radius 1 is 0.692 bits per heavy atom. The molecule has 2 heterocycles. The van der Waals surface area contributed by atoms with Gasteiger partial charge in [0.05, 0.1) is 11.4 Å². The molecule has 2 heteroatoms. The molecule has 2 nitrogen and oxygen atoms in total. The van der Waals surface area contributed by atoms with Gasteiger partial charge in [-0.25, -0.2) is 4.99 Å². The Bertz CT molecular complexity index is 1560. The van der Waals surface area contributed by atoms with Gasteiger partial charge in [-0.05, 0) is 63.8 Å². The van der Waals surface area contributed by atoms with Crippen molar-refractivity contribution in [3.8, 4) is 0 Å². The van der Waals surface area contributed by atoms with E-state index in [2.05, 4.69) is 151 Å². The van der Waals surface area contributed by atoms with E-state index in [0.29, 0.717) is 11.8 Å². The van der Waals surface area contributed by atoms with E-state index in [0.717, 1.165) is 22.8 Å². The lowest BCUT2D eigenvalue weighted by atomic mass is 9.87. The van der Waals surface area contributed by atoms with Crippen molar-refractivity contribution in [2.24, 2.45) is 4.99 Å². The normalized spacial score (nSPS) is 14.6. The van der Waals surface area contributed by atoms with Gasteiger partial charge in [-0.1, -0.05) is 121 Å². The van der Waals surface area contributed by atoms with Crippen molar-refractivity contribution < 1.29 is 0 Å². The lowest BCUT2D eigenvalue weighted by Crippen LogP contribution is -2.10. The molecule has 0 radical (unpaired) electrons. The zero-order valence-corrected chi connectivity index (χ0v) is 24.3. The average molecular weight is 513 g/mol. The quantitative estimate of drug-likeness (QED) is 0.266. The van der Waals surface area contributed by atoms with E-state index in [1.807, 2.05) is 0 Å². The van der Waals surface area contributed by atoms with Crippen LogP contribution >= 0.6 is 0 Å². The predicted octanol–water partition coefficient (Wildman–Crippen LogP) is 10.1. The molecule has 0 atom stereocenters. The van der Waals surface area contributed by atoms with Gasteiger partial charge in [0.25, 0.3) is 0 Å². The highest BCUT2D eigenvalue weighted by molar-refractivity contribution is 6.22. The second kappa shape index (κ2) is 10.7. The molecule has 4 aromatic rings. The molecule has 0 amide bonds. The average Bonchev–Trinajstić information content (AvgIpc) is 3.51. The number of hydrogen-bond donors (Lipinski definition) is 1. The molecule has 0 fully saturated rings. The van der Waals surface area contributed by atoms with Gasteiger partial charge in [0.2, 0.25) is 0 Å². The van der Waals surface area contributed by atoms with Crippen LogP contribution in [0.25, 0.3) is 23.9 Å². The summed E-state index contributed by atoms with van der Waals surface area (Å²) in [4.78, 5) is 8.76. The fraction of sp³-hybridized carbons (Fsp3) is 0.270. The van der Waals surface area contributed by atoms with E-state index in [1.165, 1.54) is 38.9 Å². The molecule has 1 aromatic heterocycles. The lowest BCUT2D eigenvalue weighted by molar-refractivity contribution is 0.590. The summed E-state index contributed by atoms with van der Waals surface area (Å²) < 4.78 is 0. The van der Waals surface area contributed by atoms with Crippen LogP contribution in [0.2, 0.25) is 0 Å². The van der Waals surface area contributed by atoms with Crippen molar-refractivity contribution in [2.45, 2.75) is 65.7 Å². The van der Waals surface area contributed by atoms with Gasteiger partial charge in [-0.15, -0.1) is 0 Å². The van der Waals surface area contributed by atoms with Crippen LogP contribution in [0.1, 0.15) is 111 Å². The fourth-order valence-corrected chi connectivity index (χ4v) is 5.14. The van der Waals surface area contributed by atoms with Crippen molar-refractivity contribution in [2.75, 3.05) is 0 Å². The molecule has 0 saturated heterocycles. The first kappa shape index (κ1) is 26.7. The molecule has 0 spiro atoms. The molecule has 39 heavy (non-hydrogen) atoms. The van der Waals surface area contributed by atoms with Crippen molar-refractivity contribution in [1.29, 1.82) is 0 Å². The molecule has 0 bridgehead atoms. The standard InChI is InChI=1S/C37H40N2/c1-24(2)27-15-21-33(34(22-27)25(3)4)36-32-11-9-8-10-31(32)35(39-36)23-30-20-19-29(38-30)18-14-26-12-16-28(17-13-26)37(5,6)7/h8-25,38H,1-7H3/b18-14+,35-23?. The summed E-state index contributed by atoms with van der Waals surface area (Å²) in [7, 11) is 0. The number of nitrogens with zero attached hydrogens (tertiary/aromatic N) is 1. The second-order valence-corrected chi connectivity index (χ2v) is 12.3. The third-order valence-electron chi connectivity index (χ3n) is 7.57. The summed E-state index contributed by atoms with van der Waals surface area (Å²) in [5, 5.41) is 0. The number of fused-ring (bicyclic) bond motifs is 1. The minimum Gasteiger partial charge on any atom is -0.355 e. The van der Waals surface area contributed by atoms with E-state index in [1.54, 1.807) is 0 Å². The number of H-pyrrole nitrogens is 1. The van der Waals surface area contributed by atoms with E-state index >= 15 is 0 Å². The van der Waals surface area contributed by atoms with Gasteiger partial charge in [-0.2, -0.15) is 0 Å². The third kappa shape index (κ3) is 5.76. The zero-order chi connectivity index (χ0) is 27.7. The summed E-state index contributed by atoms with van der Waals surface area (Å²) in [5.74, 6) is 0.924. The monoisotopic (exact) mass is 512 g/mol. The summed E-state index contributed by atoms with van der Waals surface area (Å²) in [5.41, 5.74) is 13.3. The second-order valence-electron chi connectivity index (χ2n) is 12.3. The maximum absolute atomic E-state index is 5.21. The van der Waals surface area contributed by atoms with Crippen LogP contribution in [-0.4, -0.2) is 10.7 Å². The Kier molecular flexibility index (Phi) is 7.32.